The maximum Gasteiger partial charge on any atom is 0.418 e. The molecule has 4 aromatic rings. The molecule has 0 aromatic heterocycles. The number of rotatable bonds is 13. The van der Waals surface area contributed by atoms with Gasteiger partial charge in [0.1, 0.15) is 5.70 Å². The molecule has 0 aliphatic carbocycles. The Hall–Kier alpha value is -5.14. The molecule has 0 saturated heterocycles. The maximum atomic E-state index is 13.7. The number of alkyl halides is 3. The van der Waals surface area contributed by atoms with Gasteiger partial charge in [-0.3, -0.25) is 14.4 Å². The minimum absolute atomic E-state index is 0.111. The second-order valence-electron chi connectivity index (χ2n) is 10.5. The zero-order valence-corrected chi connectivity index (χ0v) is 28.9. The molecule has 4 rings (SSSR count). The van der Waals surface area contributed by atoms with Crippen molar-refractivity contribution in [2.24, 2.45) is 0 Å². The van der Waals surface area contributed by atoms with Gasteiger partial charge in [-0.15, -0.1) is 11.8 Å². The predicted molar refractivity (Wildman–Crippen MR) is 188 cm³/mol. The monoisotopic (exact) mass is 727 g/mol. The fourth-order valence-electron chi connectivity index (χ4n) is 4.70. The smallest absolute Gasteiger partial charge is 0.418 e. The largest absolute Gasteiger partial charge is 0.493 e. The van der Waals surface area contributed by atoms with E-state index in [2.05, 4.69) is 16.0 Å². The molecule has 0 spiro atoms. The molecule has 262 valence electrons. The molecule has 0 bridgehead atoms. The Morgan fingerprint density at radius 3 is 2.14 bits per heavy atom. The molecule has 0 fully saturated rings. The van der Waals surface area contributed by atoms with Crippen LogP contribution >= 0.6 is 23.4 Å². The average Bonchev–Trinajstić information content (AvgIpc) is 3.10. The molecule has 1 unspecified atom stereocenters. The van der Waals surface area contributed by atoms with Crippen LogP contribution in [0.1, 0.15) is 34.8 Å². The number of hydrogen-bond acceptors (Lipinski definition) is 7. The topological polar surface area (TPSA) is 115 Å². The molecule has 14 heteroatoms. The van der Waals surface area contributed by atoms with Crippen molar-refractivity contribution >= 4 is 58.5 Å². The molecule has 9 nitrogen and oxygen atoms in total. The summed E-state index contributed by atoms with van der Waals surface area (Å²) in [6, 6.07) is 21.2. The molecule has 3 N–H and O–H groups in total. The van der Waals surface area contributed by atoms with Crippen molar-refractivity contribution in [3.8, 4) is 17.2 Å². The van der Waals surface area contributed by atoms with Crippen LogP contribution in [0.5, 0.6) is 17.2 Å². The summed E-state index contributed by atoms with van der Waals surface area (Å²) in [4.78, 5) is 40.5. The summed E-state index contributed by atoms with van der Waals surface area (Å²) in [7, 11) is 4.36. The number of carbonyl (C=O) groups excluding carboxylic acids is 3. The summed E-state index contributed by atoms with van der Waals surface area (Å²) in [5, 5.41) is 6.92. The van der Waals surface area contributed by atoms with E-state index >= 15 is 0 Å². The van der Waals surface area contributed by atoms with E-state index in [1.54, 1.807) is 73.7 Å². The molecule has 0 saturated carbocycles. The number of thioether (sulfide) groups is 1. The van der Waals surface area contributed by atoms with Gasteiger partial charge in [0.05, 0.1) is 37.8 Å². The van der Waals surface area contributed by atoms with Crippen molar-refractivity contribution in [1.29, 1.82) is 0 Å². The molecule has 0 heterocycles. The first-order chi connectivity index (χ1) is 23.9. The van der Waals surface area contributed by atoms with Crippen LogP contribution in [0.2, 0.25) is 5.02 Å². The summed E-state index contributed by atoms with van der Waals surface area (Å²) in [5.74, 6) is -0.838. The Kier molecular flexibility index (Phi) is 12.8. The Bertz CT molecular complexity index is 1860. The van der Waals surface area contributed by atoms with Crippen molar-refractivity contribution in [1.82, 2.24) is 5.32 Å². The van der Waals surface area contributed by atoms with Gasteiger partial charge in [-0.25, -0.2) is 0 Å². The van der Waals surface area contributed by atoms with Gasteiger partial charge >= 0.3 is 6.18 Å². The number of anilines is 2. The molecule has 0 aliphatic heterocycles. The lowest BCUT2D eigenvalue weighted by molar-refractivity contribution is -0.137. The predicted octanol–water partition coefficient (Wildman–Crippen LogP) is 8.30. The van der Waals surface area contributed by atoms with Crippen LogP contribution in [-0.2, 0) is 15.8 Å². The highest BCUT2D eigenvalue weighted by Gasteiger charge is 2.35. The Morgan fingerprint density at radius 1 is 0.860 bits per heavy atom. The van der Waals surface area contributed by atoms with Crippen LogP contribution in [0.15, 0.2) is 95.5 Å². The van der Waals surface area contributed by atoms with Crippen molar-refractivity contribution in [3.63, 3.8) is 0 Å². The Balaban J connectivity index is 1.59. The number of hydrogen-bond donors (Lipinski definition) is 3. The van der Waals surface area contributed by atoms with Crippen molar-refractivity contribution < 1.29 is 41.8 Å². The molecule has 0 aliphatic rings. The quantitative estimate of drug-likeness (QED) is 0.0938. The van der Waals surface area contributed by atoms with Crippen LogP contribution < -0.4 is 30.2 Å². The highest BCUT2D eigenvalue weighted by molar-refractivity contribution is 8.00. The summed E-state index contributed by atoms with van der Waals surface area (Å²) in [6.45, 7) is 1.73. The van der Waals surface area contributed by atoms with Gasteiger partial charge in [-0.05, 0) is 78.7 Å². The van der Waals surface area contributed by atoms with Crippen molar-refractivity contribution in [3.05, 3.63) is 112 Å². The third kappa shape index (κ3) is 9.73. The molecule has 50 heavy (non-hydrogen) atoms. The highest BCUT2D eigenvalue weighted by Crippen LogP contribution is 2.39. The van der Waals surface area contributed by atoms with Gasteiger partial charge in [-0.2, -0.15) is 13.2 Å². The third-order valence-electron chi connectivity index (χ3n) is 7.11. The molecular formula is C36H33ClF3N3O6S. The molecule has 0 radical (unpaired) electrons. The number of amides is 3. The second-order valence-corrected chi connectivity index (χ2v) is 12.2. The lowest BCUT2D eigenvalue weighted by Crippen LogP contribution is -2.30. The molecule has 3 amide bonds. The Morgan fingerprint density at radius 2 is 1.54 bits per heavy atom. The zero-order valence-electron chi connectivity index (χ0n) is 27.3. The molecule has 4 aromatic carbocycles. The first-order valence-electron chi connectivity index (χ1n) is 15.0. The summed E-state index contributed by atoms with van der Waals surface area (Å²) in [6.07, 6.45) is -2.99. The van der Waals surface area contributed by atoms with Crippen LogP contribution in [0.3, 0.4) is 0 Å². The van der Waals surface area contributed by atoms with Crippen molar-refractivity contribution in [2.75, 3.05) is 32.0 Å². The first kappa shape index (κ1) is 37.7. The fraction of sp³-hybridized carbons (Fsp3) is 0.194. The summed E-state index contributed by atoms with van der Waals surface area (Å²) < 4.78 is 57.0. The Labute approximate surface area is 296 Å². The van der Waals surface area contributed by atoms with E-state index in [-0.39, 0.29) is 17.1 Å². The maximum absolute atomic E-state index is 13.7. The van der Waals surface area contributed by atoms with E-state index in [1.807, 2.05) is 0 Å². The van der Waals surface area contributed by atoms with Crippen molar-refractivity contribution in [2.45, 2.75) is 29.7 Å². The van der Waals surface area contributed by atoms with Gasteiger partial charge in [0.2, 0.25) is 11.7 Å². The standard InChI is InChI=1S/C36H33ClF3N3O6S/c1-5-31(35(46)42-27-15-14-23(37)19-26(27)36(38,39)40)50-25-13-9-12-24(20-25)41-34(45)28(43-33(44)22-10-7-6-8-11-22)16-21-17-29(47-2)32(49-4)30(18-21)48-3/h6-20,31H,5H2,1-4H3,(H,41,45)(H,42,46)(H,43,44)/b28-16+. The van der Waals surface area contributed by atoms with Gasteiger partial charge in [0.15, 0.2) is 11.5 Å². The summed E-state index contributed by atoms with van der Waals surface area (Å²) in [5.41, 5.74) is -0.473. The van der Waals surface area contributed by atoms with Gasteiger partial charge in [0, 0.05) is 21.2 Å². The number of ether oxygens (including phenoxy) is 3. The van der Waals surface area contributed by atoms with E-state index in [0.717, 1.165) is 23.9 Å². The SMILES string of the molecule is CCC(Sc1cccc(NC(=O)/C(=C\c2cc(OC)c(OC)c(OC)c2)NC(=O)c2ccccc2)c1)C(=O)Nc1ccc(Cl)cc1C(F)(F)F. The third-order valence-corrected chi connectivity index (χ3v) is 8.70. The van der Waals surface area contributed by atoms with E-state index in [1.165, 1.54) is 33.5 Å². The second kappa shape index (κ2) is 17.0. The first-order valence-corrected chi connectivity index (χ1v) is 16.3. The number of halogens is 4. The minimum atomic E-state index is -4.73. The number of benzene rings is 4. The van der Waals surface area contributed by atoms with Gasteiger partial charge in [0.25, 0.3) is 11.8 Å². The lowest BCUT2D eigenvalue weighted by atomic mass is 10.1. The van der Waals surface area contributed by atoms with Crippen LogP contribution in [0.4, 0.5) is 24.5 Å². The van der Waals surface area contributed by atoms with Crippen LogP contribution in [-0.4, -0.2) is 44.3 Å². The number of methoxy groups -OCH3 is 3. The van der Waals surface area contributed by atoms with E-state index in [0.29, 0.717) is 39.0 Å². The summed E-state index contributed by atoms with van der Waals surface area (Å²) >= 11 is 6.88. The van der Waals surface area contributed by atoms with Gasteiger partial charge in [-0.1, -0.05) is 42.8 Å². The zero-order chi connectivity index (χ0) is 36.4. The fourth-order valence-corrected chi connectivity index (χ4v) is 5.88. The van der Waals surface area contributed by atoms with Gasteiger partial charge < -0.3 is 30.2 Å². The molecular weight excluding hydrogens is 695 g/mol. The molecule has 1 atom stereocenters. The number of carbonyl (C=O) groups is 3. The van der Waals surface area contributed by atoms with E-state index in [4.69, 9.17) is 25.8 Å². The van der Waals surface area contributed by atoms with E-state index in [9.17, 15) is 27.6 Å². The lowest BCUT2D eigenvalue weighted by Gasteiger charge is -2.18. The number of nitrogens with one attached hydrogen (secondary N) is 3. The highest BCUT2D eigenvalue weighted by atomic mass is 35.5. The average molecular weight is 728 g/mol. The van der Waals surface area contributed by atoms with Crippen LogP contribution in [0.25, 0.3) is 6.08 Å². The normalized spacial score (nSPS) is 12.0. The van der Waals surface area contributed by atoms with E-state index < -0.39 is 40.4 Å². The van der Waals surface area contributed by atoms with Crippen LogP contribution in [0, 0.1) is 0 Å². The minimum Gasteiger partial charge on any atom is -0.493 e.